The first kappa shape index (κ1) is 17.0. The molecule has 0 saturated carbocycles. The van der Waals surface area contributed by atoms with E-state index in [1.54, 1.807) is 6.92 Å². The first-order valence-electron chi connectivity index (χ1n) is 7.63. The standard InChI is InChI=1S/C15H29N3O2/c1-11(14(20)18-15(2,3)4)17-13(19)9-8-12-7-5-6-10-16-12/h11-12,16H,5-10H2,1-4H3,(H,17,19)(H,18,20). The molecule has 3 N–H and O–H groups in total. The van der Waals surface area contributed by atoms with Crippen molar-refractivity contribution in [1.29, 1.82) is 0 Å². The summed E-state index contributed by atoms with van der Waals surface area (Å²) >= 11 is 0. The quantitative estimate of drug-likeness (QED) is 0.713. The molecule has 116 valence electrons. The van der Waals surface area contributed by atoms with E-state index >= 15 is 0 Å². The van der Waals surface area contributed by atoms with Crippen molar-refractivity contribution >= 4 is 11.8 Å². The van der Waals surface area contributed by atoms with Gasteiger partial charge in [0.2, 0.25) is 11.8 Å². The average Bonchev–Trinajstić information content (AvgIpc) is 2.35. The third-order valence-electron chi connectivity index (χ3n) is 3.40. The molecule has 1 heterocycles. The number of piperidine rings is 1. The maximum Gasteiger partial charge on any atom is 0.242 e. The molecule has 1 rings (SSSR count). The lowest BCUT2D eigenvalue weighted by Crippen LogP contribution is -2.51. The number of nitrogens with one attached hydrogen (secondary N) is 3. The van der Waals surface area contributed by atoms with Gasteiger partial charge in [-0.25, -0.2) is 0 Å². The Morgan fingerprint density at radius 1 is 1.30 bits per heavy atom. The summed E-state index contributed by atoms with van der Waals surface area (Å²) in [4.78, 5) is 23.7. The summed E-state index contributed by atoms with van der Waals surface area (Å²) in [6.45, 7) is 8.55. The van der Waals surface area contributed by atoms with Gasteiger partial charge < -0.3 is 16.0 Å². The van der Waals surface area contributed by atoms with Crippen LogP contribution < -0.4 is 16.0 Å². The molecule has 1 fully saturated rings. The average molecular weight is 283 g/mol. The second-order valence-electron chi connectivity index (χ2n) is 6.71. The predicted molar refractivity (Wildman–Crippen MR) is 80.4 cm³/mol. The van der Waals surface area contributed by atoms with Gasteiger partial charge in [0.15, 0.2) is 0 Å². The molecule has 0 bridgehead atoms. The van der Waals surface area contributed by atoms with Crippen LogP contribution in [-0.2, 0) is 9.59 Å². The molecule has 0 aromatic carbocycles. The van der Waals surface area contributed by atoms with Gasteiger partial charge in [-0.05, 0) is 53.5 Å². The summed E-state index contributed by atoms with van der Waals surface area (Å²) < 4.78 is 0. The molecule has 0 aliphatic carbocycles. The summed E-state index contributed by atoms with van der Waals surface area (Å²) in [6.07, 6.45) is 4.94. The summed E-state index contributed by atoms with van der Waals surface area (Å²) in [5.41, 5.74) is -0.276. The van der Waals surface area contributed by atoms with E-state index in [1.165, 1.54) is 12.8 Å². The van der Waals surface area contributed by atoms with Gasteiger partial charge in [-0.1, -0.05) is 6.42 Å². The van der Waals surface area contributed by atoms with Crippen LogP contribution in [0.15, 0.2) is 0 Å². The summed E-state index contributed by atoms with van der Waals surface area (Å²) in [5.74, 6) is -0.185. The highest BCUT2D eigenvalue weighted by Gasteiger charge is 2.21. The van der Waals surface area contributed by atoms with Gasteiger partial charge in [0.25, 0.3) is 0 Å². The Morgan fingerprint density at radius 2 is 2.00 bits per heavy atom. The van der Waals surface area contributed by atoms with E-state index < -0.39 is 6.04 Å². The fraction of sp³-hybridized carbons (Fsp3) is 0.867. The Labute approximate surface area is 122 Å². The lowest BCUT2D eigenvalue weighted by atomic mass is 10.0. The van der Waals surface area contributed by atoms with Crippen LogP contribution in [0.4, 0.5) is 0 Å². The highest BCUT2D eigenvalue weighted by Crippen LogP contribution is 2.11. The molecule has 0 aromatic heterocycles. The zero-order valence-corrected chi connectivity index (χ0v) is 13.2. The maximum atomic E-state index is 11.9. The Hall–Kier alpha value is -1.10. The summed E-state index contributed by atoms with van der Waals surface area (Å²) in [7, 11) is 0. The van der Waals surface area contributed by atoms with Gasteiger partial charge in [-0.2, -0.15) is 0 Å². The minimum absolute atomic E-state index is 0.0473. The predicted octanol–water partition coefficient (Wildman–Crippen LogP) is 1.33. The zero-order valence-electron chi connectivity index (χ0n) is 13.2. The van der Waals surface area contributed by atoms with Crippen LogP contribution in [0.25, 0.3) is 0 Å². The van der Waals surface area contributed by atoms with E-state index in [2.05, 4.69) is 16.0 Å². The van der Waals surface area contributed by atoms with Gasteiger partial charge in [-0.3, -0.25) is 9.59 Å². The molecule has 20 heavy (non-hydrogen) atoms. The number of hydrogen-bond donors (Lipinski definition) is 3. The van der Waals surface area contributed by atoms with Crippen LogP contribution >= 0.6 is 0 Å². The molecule has 0 radical (unpaired) electrons. The van der Waals surface area contributed by atoms with Crippen molar-refractivity contribution in [2.45, 2.75) is 77.4 Å². The molecule has 1 aliphatic heterocycles. The van der Waals surface area contributed by atoms with Gasteiger partial charge in [-0.15, -0.1) is 0 Å². The molecule has 2 atom stereocenters. The summed E-state index contributed by atoms with van der Waals surface area (Å²) in [5, 5.41) is 9.05. The van der Waals surface area contributed by atoms with Crippen molar-refractivity contribution in [3.05, 3.63) is 0 Å². The number of rotatable bonds is 5. The Bertz CT molecular complexity index is 331. The van der Waals surface area contributed by atoms with Gasteiger partial charge in [0.1, 0.15) is 6.04 Å². The largest absolute Gasteiger partial charge is 0.350 e. The van der Waals surface area contributed by atoms with Crippen LogP contribution in [0.5, 0.6) is 0 Å². The van der Waals surface area contributed by atoms with Crippen molar-refractivity contribution in [2.24, 2.45) is 0 Å². The Balaban J connectivity index is 2.25. The monoisotopic (exact) mass is 283 g/mol. The molecule has 5 heteroatoms. The molecule has 5 nitrogen and oxygen atoms in total. The van der Waals surface area contributed by atoms with Crippen LogP contribution in [0.1, 0.15) is 59.8 Å². The number of carbonyl (C=O) groups excluding carboxylic acids is 2. The lowest BCUT2D eigenvalue weighted by molar-refractivity contribution is -0.129. The Kier molecular flexibility index (Phi) is 6.46. The normalized spacial score (nSPS) is 21.1. The fourth-order valence-electron chi connectivity index (χ4n) is 2.33. The van der Waals surface area contributed by atoms with E-state index in [0.717, 1.165) is 19.4 Å². The second kappa shape index (κ2) is 7.62. The molecular formula is C15H29N3O2. The van der Waals surface area contributed by atoms with Crippen LogP contribution in [0.2, 0.25) is 0 Å². The molecule has 2 amide bonds. The van der Waals surface area contributed by atoms with Crippen molar-refractivity contribution in [1.82, 2.24) is 16.0 Å². The molecule has 0 spiro atoms. The van der Waals surface area contributed by atoms with Crippen molar-refractivity contribution in [3.8, 4) is 0 Å². The van der Waals surface area contributed by atoms with Gasteiger partial charge >= 0.3 is 0 Å². The maximum absolute atomic E-state index is 11.9. The van der Waals surface area contributed by atoms with Crippen molar-refractivity contribution in [3.63, 3.8) is 0 Å². The third-order valence-corrected chi connectivity index (χ3v) is 3.40. The van der Waals surface area contributed by atoms with Crippen molar-refractivity contribution in [2.75, 3.05) is 6.54 Å². The third kappa shape index (κ3) is 6.89. The minimum Gasteiger partial charge on any atom is -0.350 e. The van der Waals surface area contributed by atoms with E-state index in [4.69, 9.17) is 0 Å². The molecule has 1 saturated heterocycles. The number of hydrogen-bond acceptors (Lipinski definition) is 3. The van der Waals surface area contributed by atoms with E-state index in [1.807, 2.05) is 20.8 Å². The van der Waals surface area contributed by atoms with Crippen molar-refractivity contribution < 1.29 is 9.59 Å². The smallest absolute Gasteiger partial charge is 0.242 e. The highest BCUT2D eigenvalue weighted by atomic mass is 16.2. The number of amides is 2. The van der Waals surface area contributed by atoms with E-state index in [-0.39, 0.29) is 17.4 Å². The van der Waals surface area contributed by atoms with Crippen LogP contribution in [0, 0.1) is 0 Å². The summed E-state index contributed by atoms with van der Waals surface area (Å²) in [6, 6.07) is -0.0331. The first-order valence-corrected chi connectivity index (χ1v) is 7.63. The van der Waals surface area contributed by atoms with Gasteiger partial charge in [0, 0.05) is 18.0 Å². The van der Waals surface area contributed by atoms with E-state index in [9.17, 15) is 9.59 Å². The first-order chi connectivity index (χ1) is 9.28. The number of carbonyl (C=O) groups is 2. The van der Waals surface area contributed by atoms with Gasteiger partial charge in [0.05, 0.1) is 0 Å². The fourth-order valence-corrected chi connectivity index (χ4v) is 2.33. The SMILES string of the molecule is CC(NC(=O)CCC1CCCCN1)C(=O)NC(C)(C)C. The molecule has 1 aliphatic rings. The topological polar surface area (TPSA) is 70.2 Å². The molecule has 0 aromatic rings. The lowest BCUT2D eigenvalue weighted by Gasteiger charge is -2.25. The Morgan fingerprint density at radius 3 is 2.55 bits per heavy atom. The van der Waals surface area contributed by atoms with Crippen LogP contribution in [-0.4, -0.2) is 36.0 Å². The molecular weight excluding hydrogens is 254 g/mol. The van der Waals surface area contributed by atoms with Crippen LogP contribution in [0.3, 0.4) is 0 Å². The van der Waals surface area contributed by atoms with E-state index in [0.29, 0.717) is 12.5 Å². The zero-order chi connectivity index (χ0) is 15.2. The molecule has 2 unspecified atom stereocenters. The minimum atomic E-state index is -0.485. The highest BCUT2D eigenvalue weighted by molar-refractivity contribution is 5.87. The second-order valence-corrected chi connectivity index (χ2v) is 6.71.